The van der Waals surface area contributed by atoms with Crippen LogP contribution in [-0.4, -0.2) is 57.1 Å². The molecule has 2 aliphatic rings. The van der Waals surface area contributed by atoms with E-state index in [1.165, 1.54) is 18.2 Å². The maximum atomic E-state index is 14.1. The van der Waals surface area contributed by atoms with Crippen LogP contribution in [0.4, 0.5) is 14.9 Å². The first kappa shape index (κ1) is 24.6. The van der Waals surface area contributed by atoms with Crippen LogP contribution in [0, 0.1) is 5.82 Å². The Bertz CT molecular complexity index is 1100. The molecule has 2 aromatic rings. The highest BCUT2D eigenvalue weighted by Gasteiger charge is 2.51. The zero-order valence-electron chi connectivity index (χ0n) is 17.1. The average Bonchev–Trinajstić information content (AvgIpc) is 3.03. The molecule has 4 rings (SSSR count). The number of carbonyl (C=O) groups excluding carboxylic acids is 2. The Labute approximate surface area is 215 Å². The Morgan fingerprint density at radius 2 is 1.70 bits per heavy atom. The van der Waals surface area contributed by atoms with E-state index in [1.807, 2.05) is 18.2 Å². The number of rotatable bonds is 4. The molecule has 0 spiro atoms. The van der Waals surface area contributed by atoms with Crippen LogP contribution in [0.3, 0.4) is 0 Å². The third-order valence-electron chi connectivity index (χ3n) is 5.39. The van der Waals surface area contributed by atoms with Crippen LogP contribution >= 0.6 is 58.2 Å². The quantitative estimate of drug-likeness (QED) is 0.344. The van der Waals surface area contributed by atoms with Crippen molar-refractivity contribution < 1.29 is 14.0 Å². The zero-order valence-corrected chi connectivity index (χ0v) is 20.9. The second kappa shape index (κ2) is 10.0. The molecule has 0 bridgehead atoms. The predicted octanol–water partition coefficient (Wildman–Crippen LogP) is 6.03. The summed E-state index contributed by atoms with van der Waals surface area (Å²) < 4.78 is 12.1. The van der Waals surface area contributed by atoms with E-state index >= 15 is 0 Å². The van der Waals surface area contributed by atoms with Crippen LogP contribution in [0.25, 0.3) is 6.08 Å². The molecule has 0 aromatic heterocycles. The number of hydrogen-bond donors (Lipinski definition) is 0. The summed E-state index contributed by atoms with van der Waals surface area (Å²) in [6.45, 7) is 2.05. The van der Waals surface area contributed by atoms with Gasteiger partial charge >= 0.3 is 0 Å². The predicted molar refractivity (Wildman–Crippen MR) is 134 cm³/mol. The fourth-order valence-corrected chi connectivity index (χ4v) is 5.57. The molecule has 0 N–H and O–H groups in total. The van der Waals surface area contributed by atoms with Gasteiger partial charge in [-0.05, 0) is 42.1 Å². The van der Waals surface area contributed by atoms with E-state index in [9.17, 15) is 14.0 Å². The molecule has 33 heavy (non-hydrogen) atoms. The van der Waals surface area contributed by atoms with Crippen molar-refractivity contribution in [1.29, 1.82) is 0 Å². The molecule has 2 aromatic carbocycles. The summed E-state index contributed by atoms with van der Waals surface area (Å²) in [5.41, 5.74) is 1.16. The first-order valence-corrected chi connectivity index (χ1v) is 12.3. The van der Waals surface area contributed by atoms with Crippen LogP contribution in [0.2, 0.25) is 5.02 Å². The van der Waals surface area contributed by atoms with Gasteiger partial charge < -0.3 is 4.90 Å². The molecule has 0 unspecified atom stereocenters. The Morgan fingerprint density at radius 3 is 2.33 bits per heavy atom. The molecule has 1 atom stereocenters. The molecule has 2 heterocycles. The normalized spacial score (nSPS) is 20.1. The number of imide groups is 1. The number of piperazine rings is 1. The van der Waals surface area contributed by atoms with Gasteiger partial charge in [0.1, 0.15) is 12.0 Å². The van der Waals surface area contributed by atoms with E-state index in [1.54, 1.807) is 23.1 Å². The van der Waals surface area contributed by atoms with Gasteiger partial charge in [0, 0.05) is 42.5 Å². The number of halogens is 5. The highest BCUT2D eigenvalue weighted by molar-refractivity contribution is 8.18. The van der Waals surface area contributed by atoms with Crippen LogP contribution < -0.4 is 4.90 Å². The molecule has 5 nitrogen and oxygen atoms in total. The standard InChI is InChI=1S/C22H18Cl4FN3O2S/c23-15-5-3-6-16(13-15)28-8-10-29(11-9-28)20(22(24,25)26)30-19(31)18(33-21(30)32)12-14-4-1-2-7-17(14)27/h1-7,12-13,20H,8-11H2/b18-12+/t20-/m1/s1. The number of amides is 2. The lowest BCUT2D eigenvalue weighted by Gasteiger charge is -2.44. The van der Waals surface area contributed by atoms with E-state index in [4.69, 9.17) is 46.4 Å². The van der Waals surface area contributed by atoms with Crippen molar-refractivity contribution in [2.75, 3.05) is 31.1 Å². The molecular weight excluding hydrogens is 531 g/mol. The second-order valence-electron chi connectivity index (χ2n) is 7.49. The summed E-state index contributed by atoms with van der Waals surface area (Å²) in [6.07, 6.45) is 0.232. The minimum atomic E-state index is -1.95. The van der Waals surface area contributed by atoms with Crippen molar-refractivity contribution in [2.24, 2.45) is 0 Å². The number of thioether (sulfide) groups is 1. The molecule has 2 fully saturated rings. The minimum absolute atomic E-state index is 0.0712. The van der Waals surface area contributed by atoms with Crippen molar-refractivity contribution in [3.05, 3.63) is 69.8 Å². The first-order valence-electron chi connectivity index (χ1n) is 9.98. The van der Waals surface area contributed by atoms with Crippen LogP contribution in [0.1, 0.15) is 5.56 Å². The van der Waals surface area contributed by atoms with Gasteiger partial charge in [0.05, 0.1) is 4.91 Å². The average molecular weight is 549 g/mol. The van der Waals surface area contributed by atoms with Crippen molar-refractivity contribution in [1.82, 2.24) is 9.80 Å². The van der Waals surface area contributed by atoms with Gasteiger partial charge in [-0.25, -0.2) is 9.29 Å². The number of carbonyl (C=O) groups is 2. The summed E-state index contributed by atoms with van der Waals surface area (Å²) in [5.74, 6) is -1.12. The van der Waals surface area contributed by atoms with Crippen molar-refractivity contribution in [3.63, 3.8) is 0 Å². The van der Waals surface area contributed by atoms with Crippen LogP contribution in [0.5, 0.6) is 0 Å². The number of anilines is 1. The fourth-order valence-electron chi connectivity index (χ4n) is 3.84. The first-order chi connectivity index (χ1) is 15.6. The smallest absolute Gasteiger partial charge is 0.295 e. The maximum Gasteiger partial charge on any atom is 0.295 e. The molecule has 2 amide bonds. The number of nitrogens with zero attached hydrogens (tertiary/aromatic N) is 3. The highest BCUT2D eigenvalue weighted by Crippen LogP contribution is 2.42. The van der Waals surface area contributed by atoms with Gasteiger partial charge in [-0.1, -0.05) is 70.7 Å². The van der Waals surface area contributed by atoms with E-state index in [0.717, 1.165) is 10.6 Å². The molecule has 11 heteroatoms. The molecule has 2 saturated heterocycles. The van der Waals surface area contributed by atoms with Gasteiger partial charge in [0.25, 0.3) is 11.1 Å². The summed E-state index contributed by atoms with van der Waals surface area (Å²) in [5, 5.41) is 0.0599. The Hall–Kier alpha value is -1.48. The lowest BCUT2D eigenvalue weighted by Crippen LogP contribution is -2.61. The van der Waals surface area contributed by atoms with E-state index in [2.05, 4.69) is 4.90 Å². The van der Waals surface area contributed by atoms with Crippen molar-refractivity contribution >= 4 is 81.1 Å². The molecule has 0 saturated carbocycles. The molecule has 2 aliphatic heterocycles. The highest BCUT2D eigenvalue weighted by atomic mass is 35.6. The SMILES string of the molecule is O=C1S/C(=C/c2ccccc2F)C(=O)N1[C@@H](N1CCN(c2cccc(Cl)c2)CC1)C(Cl)(Cl)Cl. The summed E-state index contributed by atoms with van der Waals surface area (Å²) >= 11 is 25.6. The Balaban J connectivity index is 1.55. The molecule has 0 radical (unpaired) electrons. The molecule has 0 aliphatic carbocycles. The summed E-state index contributed by atoms with van der Waals surface area (Å²) in [6, 6.07) is 13.5. The third kappa shape index (κ3) is 5.45. The van der Waals surface area contributed by atoms with Crippen LogP contribution in [-0.2, 0) is 4.79 Å². The lowest BCUT2D eigenvalue weighted by molar-refractivity contribution is -0.127. The zero-order chi connectivity index (χ0) is 23.8. The second-order valence-corrected chi connectivity index (χ2v) is 11.3. The van der Waals surface area contributed by atoms with Gasteiger partial charge in [0.2, 0.25) is 3.79 Å². The maximum absolute atomic E-state index is 14.1. The van der Waals surface area contributed by atoms with E-state index < -0.39 is 26.9 Å². The van der Waals surface area contributed by atoms with Gasteiger partial charge in [-0.15, -0.1) is 0 Å². The van der Waals surface area contributed by atoms with Crippen LogP contribution in [0.15, 0.2) is 53.4 Å². The Kier molecular flexibility index (Phi) is 7.48. The Morgan fingerprint density at radius 1 is 1.00 bits per heavy atom. The molecule has 174 valence electrons. The van der Waals surface area contributed by atoms with Gasteiger partial charge in [-0.3, -0.25) is 14.5 Å². The number of hydrogen-bond acceptors (Lipinski definition) is 5. The largest absolute Gasteiger partial charge is 0.369 e. The van der Waals surface area contributed by atoms with Gasteiger partial charge in [-0.2, -0.15) is 0 Å². The number of alkyl halides is 3. The minimum Gasteiger partial charge on any atom is -0.369 e. The van der Waals surface area contributed by atoms with Gasteiger partial charge in [0.15, 0.2) is 0 Å². The van der Waals surface area contributed by atoms with Crippen molar-refractivity contribution in [2.45, 2.75) is 9.96 Å². The van der Waals surface area contributed by atoms with E-state index in [-0.39, 0.29) is 10.5 Å². The lowest BCUT2D eigenvalue weighted by atomic mass is 10.2. The molecular formula is C22H18Cl4FN3O2S. The van der Waals surface area contributed by atoms with Crippen molar-refractivity contribution in [3.8, 4) is 0 Å². The third-order valence-corrected chi connectivity index (χ3v) is 7.09. The fraction of sp³-hybridized carbons (Fsp3) is 0.273. The monoisotopic (exact) mass is 547 g/mol. The number of benzene rings is 2. The summed E-state index contributed by atoms with van der Waals surface area (Å²) in [4.78, 5) is 30.9. The topological polar surface area (TPSA) is 43.9 Å². The van der Waals surface area contributed by atoms with E-state index in [0.29, 0.717) is 43.0 Å². The summed E-state index contributed by atoms with van der Waals surface area (Å²) in [7, 11) is 0.